The maximum absolute atomic E-state index is 12.8. The molecule has 0 aliphatic carbocycles. The Hall–Kier alpha value is -2.19. The lowest BCUT2D eigenvalue weighted by Crippen LogP contribution is -2.50. The highest BCUT2D eigenvalue weighted by atomic mass is 32.1. The number of nitrogens with one attached hydrogen (secondary N) is 1. The minimum absolute atomic E-state index is 0.0463. The molecule has 7 nitrogen and oxygen atoms in total. The number of aromatic nitrogens is 1. The van der Waals surface area contributed by atoms with Crippen molar-refractivity contribution in [3.63, 3.8) is 0 Å². The van der Waals surface area contributed by atoms with Crippen molar-refractivity contribution in [2.45, 2.75) is 38.1 Å². The van der Waals surface area contributed by atoms with Gasteiger partial charge in [0.25, 0.3) is 0 Å². The molecule has 3 heterocycles. The Morgan fingerprint density at radius 1 is 1.42 bits per heavy atom. The van der Waals surface area contributed by atoms with Crippen LogP contribution in [0.2, 0.25) is 0 Å². The second-order valence-electron chi connectivity index (χ2n) is 6.41. The molecule has 0 spiro atoms. The van der Waals surface area contributed by atoms with Crippen molar-refractivity contribution in [2.75, 3.05) is 19.6 Å². The molecule has 1 unspecified atom stereocenters. The molecule has 26 heavy (non-hydrogen) atoms. The quantitative estimate of drug-likeness (QED) is 0.767. The third-order valence-electron chi connectivity index (χ3n) is 4.51. The summed E-state index contributed by atoms with van der Waals surface area (Å²) in [6.07, 6.45) is 6.83. The van der Waals surface area contributed by atoms with Gasteiger partial charge < -0.3 is 20.4 Å². The van der Waals surface area contributed by atoms with E-state index < -0.39 is 0 Å². The highest BCUT2D eigenvalue weighted by Gasteiger charge is 2.27. The Morgan fingerprint density at radius 3 is 3.08 bits per heavy atom. The topological polar surface area (TPSA) is 101 Å². The van der Waals surface area contributed by atoms with E-state index in [9.17, 15) is 9.59 Å². The van der Waals surface area contributed by atoms with E-state index in [1.807, 2.05) is 16.3 Å². The molecule has 2 amide bonds. The van der Waals surface area contributed by atoms with Gasteiger partial charge in [-0.25, -0.2) is 4.98 Å². The molecule has 0 aromatic carbocycles. The van der Waals surface area contributed by atoms with E-state index in [-0.39, 0.29) is 24.3 Å². The third kappa shape index (κ3) is 4.70. The van der Waals surface area contributed by atoms with Gasteiger partial charge in [0, 0.05) is 43.0 Å². The number of carbonyl (C=O) groups is 2. The molecule has 8 heteroatoms. The molecular weight excluding hydrogens is 352 g/mol. The first-order valence-corrected chi connectivity index (χ1v) is 9.78. The molecule has 140 valence electrons. The fourth-order valence-electron chi connectivity index (χ4n) is 3.16. The standard InChI is InChI=1S/C18H24N4O3S/c19-6-4-16(23)20-10-15-3-1-2-7-22(15)17(24)9-14-12-26-18(21-14)13-5-8-25-11-13/h5,8,11-12,15H,1-4,6-7,9-10,19H2,(H,20,23). The molecule has 3 rings (SSSR count). The lowest BCUT2D eigenvalue weighted by Gasteiger charge is -2.36. The van der Waals surface area contributed by atoms with E-state index in [1.165, 1.54) is 11.3 Å². The molecule has 1 fully saturated rings. The van der Waals surface area contributed by atoms with Gasteiger partial charge >= 0.3 is 0 Å². The molecule has 0 bridgehead atoms. The van der Waals surface area contributed by atoms with Gasteiger partial charge in [-0.2, -0.15) is 0 Å². The Balaban J connectivity index is 1.59. The Kier molecular flexibility index (Phi) is 6.40. The van der Waals surface area contributed by atoms with Crippen LogP contribution >= 0.6 is 11.3 Å². The Labute approximate surface area is 156 Å². The number of piperidine rings is 1. The van der Waals surface area contributed by atoms with Crippen LogP contribution in [0.3, 0.4) is 0 Å². The summed E-state index contributed by atoms with van der Waals surface area (Å²) in [5, 5.41) is 5.66. The summed E-state index contributed by atoms with van der Waals surface area (Å²) in [7, 11) is 0. The second kappa shape index (κ2) is 8.95. The van der Waals surface area contributed by atoms with E-state index in [0.29, 0.717) is 19.5 Å². The molecule has 0 radical (unpaired) electrons. The van der Waals surface area contributed by atoms with Crippen molar-refractivity contribution in [1.82, 2.24) is 15.2 Å². The number of hydrogen-bond donors (Lipinski definition) is 2. The van der Waals surface area contributed by atoms with Crippen LogP contribution in [0.15, 0.2) is 28.4 Å². The van der Waals surface area contributed by atoms with Crippen LogP contribution in [-0.4, -0.2) is 47.4 Å². The Bertz CT molecular complexity index is 729. The van der Waals surface area contributed by atoms with E-state index in [1.54, 1.807) is 12.5 Å². The molecule has 1 atom stereocenters. The van der Waals surface area contributed by atoms with Crippen LogP contribution in [-0.2, 0) is 16.0 Å². The summed E-state index contributed by atoms with van der Waals surface area (Å²) < 4.78 is 5.08. The van der Waals surface area contributed by atoms with Gasteiger partial charge in [0.1, 0.15) is 11.3 Å². The fraction of sp³-hybridized carbons (Fsp3) is 0.500. The minimum atomic E-state index is -0.0604. The van der Waals surface area contributed by atoms with Gasteiger partial charge in [-0.05, 0) is 25.3 Å². The van der Waals surface area contributed by atoms with Gasteiger partial charge in [0.15, 0.2) is 0 Å². The number of furan rings is 1. The first-order chi connectivity index (χ1) is 12.7. The van der Waals surface area contributed by atoms with Gasteiger partial charge in [0.2, 0.25) is 11.8 Å². The fourth-order valence-corrected chi connectivity index (χ4v) is 3.96. The van der Waals surface area contributed by atoms with Gasteiger partial charge in [-0.15, -0.1) is 11.3 Å². The van der Waals surface area contributed by atoms with Crippen molar-refractivity contribution in [3.8, 4) is 10.6 Å². The smallest absolute Gasteiger partial charge is 0.228 e. The first kappa shape index (κ1) is 18.6. The number of hydrogen-bond acceptors (Lipinski definition) is 6. The van der Waals surface area contributed by atoms with Gasteiger partial charge in [-0.1, -0.05) is 0 Å². The number of nitrogens with zero attached hydrogens (tertiary/aromatic N) is 2. The Morgan fingerprint density at radius 2 is 2.31 bits per heavy atom. The monoisotopic (exact) mass is 376 g/mol. The molecule has 1 aliphatic heterocycles. The molecule has 1 aliphatic rings. The summed E-state index contributed by atoms with van der Waals surface area (Å²) >= 11 is 1.51. The molecule has 2 aromatic heterocycles. The van der Waals surface area contributed by atoms with Gasteiger partial charge in [0.05, 0.1) is 18.4 Å². The number of likely N-dealkylation sites (tertiary alicyclic amines) is 1. The van der Waals surface area contributed by atoms with Crippen LogP contribution < -0.4 is 11.1 Å². The highest BCUT2D eigenvalue weighted by Crippen LogP contribution is 2.25. The second-order valence-corrected chi connectivity index (χ2v) is 7.27. The molecule has 2 aromatic rings. The molecule has 3 N–H and O–H groups in total. The average Bonchev–Trinajstić information content (AvgIpc) is 3.32. The highest BCUT2D eigenvalue weighted by molar-refractivity contribution is 7.13. The van der Waals surface area contributed by atoms with Crippen molar-refractivity contribution < 1.29 is 14.0 Å². The molecule has 0 saturated carbocycles. The van der Waals surface area contributed by atoms with Crippen LogP contribution in [0, 0.1) is 0 Å². The van der Waals surface area contributed by atoms with Gasteiger partial charge in [-0.3, -0.25) is 9.59 Å². The summed E-state index contributed by atoms with van der Waals surface area (Å²) in [6.45, 7) is 1.55. The lowest BCUT2D eigenvalue weighted by molar-refractivity contribution is -0.134. The zero-order valence-electron chi connectivity index (χ0n) is 14.6. The summed E-state index contributed by atoms with van der Waals surface area (Å²) in [5.74, 6) is 0.00143. The molecule has 1 saturated heterocycles. The average molecular weight is 376 g/mol. The van der Waals surface area contributed by atoms with E-state index in [0.717, 1.165) is 42.1 Å². The number of amides is 2. The van der Waals surface area contributed by atoms with Crippen LogP contribution in [0.5, 0.6) is 0 Å². The van der Waals surface area contributed by atoms with Crippen LogP contribution in [0.1, 0.15) is 31.4 Å². The first-order valence-electron chi connectivity index (χ1n) is 8.90. The summed E-state index contributed by atoms with van der Waals surface area (Å²) in [5.41, 5.74) is 7.09. The van der Waals surface area contributed by atoms with Crippen LogP contribution in [0.25, 0.3) is 10.6 Å². The normalized spacial score (nSPS) is 17.3. The maximum Gasteiger partial charge on any atom is 0.228 e. The van der Waals surface area contributed by atoms with E-state index in [4.69, 9.17) is 10.2 Å². The largest absolute Gasteiger partial charge is 0.472 e. The summed E-state index contributed by atoms with van der Waals surface area (Å²) in [6, 6.07) is 1.90. The maximum atomic E-state index is 12.8. The van der Waals surface area contributed by atoms with Crippen LogP contribution in [0.4, 0.5) is 0 Å². The van der Waals surface area contributed by atoms with Crippen molar-refractivity contribution in [1.29, 1.82) is 0 Å². The third-order valence-corrected chi connectivity index (χ3v) is 5.45. The predicted octanol–water partition coefficient (Wildman–Crippen LogP) is 1.79. The van der Waals surface area contributed by atoms with E-state index >= 15 is 0 Å². The minimum Gasteiger partial charge on any atom is -0.472 e. The lowest BCUT2D eigenvalue weighted by atomic mass is 10.0. The van der Waals surface area contributed by atoms with Crippen molar-refractivity contribution in [3.05, 3.63) is 29.7 Å². The van der Waals surface area contributed by atoms with Crippen molar-refractivity contribution in [2.24, 2.45) is 5.73 Å². The number of nitrogens with two attached hydrogens (primary N) is 1. The zero-order chi connectivity index (χ0) is 18.4. The number of carbonyl (C=O) groups excluding carboxylic acids is 2. The predicted molar refractivity (Wildman–Crippen MR) is 99.6 cm³/mol. The zero-order valence-corrected chi connectivity index (χ0v) is 15.5. The van der Waals surface area contributed by atoms with Crippen molar-refractivity contribution >= 4 is 23.2 Å². The van der Waals surface area contributed by atoms with E-state index in [2.05, 4.69) is 10.3 Å². The number of rotatable bonds is 7. The SMILES string of the molecule is NCCC(=O)NCC1CCCCN1C(=O)Cc1csc(-c2ccoc2)n1. The number of thiazole rings is 1. The summed E-state index contributed by atoms with van der Waals surface area (Å²) in [4.78, 5) is 30.9. The molecular formula is C18H24N4O3S.